The van der Waals surface area contributed by atoms with Crippen molar-refractivity contribution in [2.24, 2.45) is 0 Å². The molecule has 4 heteroatoms. The summed E-state index contributed by atoms with van der Waals surface area (Å²) >= 11 is 1.88. The van der Waals surface area contributed by atoms with Crippen LogP contribution in [0.25, 0.3) is 0 Å². The third kappa shape index (κ3) is 2.59. The summed E-state index contributed by atoms with van der Waals surface area (Å²) in [6, 6.07) is 0. The van der Waals surface area contributed by atoms with Crippen molar-refractivity contribution < 1.29 is 14.6 Å². The molecule has 0 amide bonds. The van der Waals surface area contributed by atoms with Crippen molar-refractivity contribution in [1.82, 2.24) is 0 Å². The van der Waals surface area contributed by atoms with E-state index in [0.29, 0.717) is 0 Å². The predicted molar refractivity (Wildman–Crippen MR) is 52.7 cm³/mol. The number of hydrogen-bond acceptors (Lipinski definition) is 3. The first-order chi connectivity index (χ1) is 5.47. The molecule has 0 saturated carbocycles. The largest absolute Gasteiger partial charge is 0.373 e. The van der Waals surface area contributed by atoms with E-state index in [1.165, 1.54) is 0 Å². The van der Waals surface area contributed by atoms with Crippen molar-refractivity contribution in [3.05, 3.63) is 0 Å². The third-order valence-electron chi connectivity index (χ3n) is 1.60. The Bertz CT molecular complexity index is 216. The highest BCUT2D eigenvalue weighted by Gasteiger charge is 2.37. The molecule has 0 atom stereocenters. The predicted octanol–water partition coefficient (Wildman–Crippen LogP) is 0.896. The van der Waals surface area contributed by atoms with E-state index in [1.54, 1.807) is 0 Å². The van der Waals surface area contributed by atoms with Gasteiger partial charge in [0.15, 0.2) is 11.4 Å². The van der Waals surface area contributed by atoms with Gasteiger partial charge in [-0.3, -0.25) is 0 Å². The molecule has 3 nitrogen and oxygen atoms in total. The first-order valence-corrected chi connectivity index (χ1v) is 4.68. The number of rotatable bonds is 0. The second kappa shape index (κ2) is 3.50. The molecule has 1 aliphatic heterocycles. The summed E-state index contributed by atoms with van der Waals surface area (Å²) in [6.45, 7) is 4.03. The summed E-state index contributed by atoms with van der Waals surface area (Å²) in [7, 11) is 0. The van der Waals surface area contributed by atoms with Crippen molar-refractivity contribution in [2.45, 2.75) is 25.2 Å². The van der Waals surface area contributed by atoms with Crippen molar-refractivity contribution in [3.63, 3.8) is 0 Å². The highest BCUT2D eigenvalue weighted by molar-refractivity contribution is 14.1. The quantitative estimate of drug-likeness (QED) is 0.530. The van der Waals surface area contributed by atoms with Gasteiger partial charge in [-0.15, -0.1) is 0 Å². The molecule has 0 aromatic rings. The standard InChI is InChI=1S/C8H11IO3/c1-7(2)11-5-8(10,3-4-9)6-12-7/h10H,5-6H2,1-2H3. The van der Waals surface area contributed by atoms with Crippen molar-refractivity contribution in [3.8, 4) is 9.85 Å². The van der Waals surface area contributed by atoms with Crippen molar-refractivity contribution in [1.29, 1.82) is 0 Å². The van der Waals surface area contributed by atoms with Gasteiger partial charge in [0.25, 0.3) is 0 Å². The average Bonchev–Trinajstić information content (AvgIpc) is 1.98. The second-order valence-electron chi connectivity index (χ2n) is 3.23. The lowest BCUT2D eigenvalue weighted by Gasteiger charge is -2.37. The molecular weight excluding hydrogens is 271 g/mol. The molecule has 68 valence electrons. The number of halogens is 1. The Morgan fingerprint density at radius 3 is 2.25 bits per heavy atom. The second-order valence-corrected chi connectivity index (χ2v) is 3.77. The van der Waals surface area contributed by atoms with Crippen LogP contribution in [0.4, 0.5) is 0 Å². The van der Waals surface area contributed by atoms with Gasteiger partial charge in [-0.1, -0.05) is 5.92 Å². The Hall–Kier alpha value is 0.170. The monoisotopic (exact) mass is 282 g/mol. The van der Waals surface area contributed by atoms with Crippen LogP contribution in [0.15, 0.2) is 0 Å². The first-order valence-electron chi connectivity index (χ1n) is 3.61. The smallest absolute Gasteiger partial charge is 0.172 e. The van der Waals surface area contributed by atoms with Gasteiger partial charge >= 0.3 is 0 Å². The molecule has 1 saturated heterocycles. The molecule has 1 aliphatic rings. The maximum absolute atomic E-state index is 9.68. The molecule has 1 rings (SSSR count). The molecule has 0 radical (unpaired) electrons. The highest BCUT2D eigenvalue weighted by Crippen LogP contribution is 2.22. The van der Waals surface area contributed by atoms with Crippen LogP contribution in [0.5, 0.6) is 0 Å². The van der Waals surface area contributed by atoms with Crippen LogP contribution in [-0.2, 0) is 9.47 Å². The minimum Gasteiger partial charge on any atom is -0.373 e. The van der Waals surface area contributed by atoms with Crippen LogP contribution in [0.2, 0.25) is 0 Å². The zero-order valence-electron chi connectivity index (χ0n) is 7.06. The van der Waals surface area contributed by atoms with Crippen LogP contribution in [0.1, 0.15) is 13.8 Å². The fourth-order valence-corrected chi connectivity index (χ4v) is 1.33. The van der Waals surface area contributed by atoms with E-state index >= 15 is 0 Å². The van der Waals surface area contributed by atoms with Gasteiger partial charge in [0.1, 0.15) is 0 Å². The first kappa shape index (κ1) is 10.3. The molecular formula is C8H11IO3. The molecule has 0 bridgehead atoms. The fourth-order valence-electron chi connectivity index (χ4n) is 0.830. The minimum absolute atomic E-state index is 0.204. The zero-order chi connectivity index (χ0) is 9.24. The number of ether oxygens (including phenoxy) is 2. The Labute approximate surface area is 85.6 Å². The van der Waals surface area contributed by atoms with Gasteiger partial charge in [-0.25, -0.2) is 0 Å². The lowest BCUT2D eigenvalue weighted by molar-refractivity contribution is -0.288. The third-order valence-corrected chi connectivity index (χ3v) is 1.87. The van der Waals surface area contributed by atoms with Gasteiger partial charge in [-0.05, 0) is 17.8 Å². The number of aliphatic hydroxyl groups is 1. The molecule has 1 heterocycles. The van der Waals surface area contributed by atoms with Gasteiger partial charge < -0.3 is 14.6 Å². The van der Waals surface area contributed by atoms with E-state index < -0.39 is 11.4 Å². The average molecular weight is 282 g/mol. The van der Waals surface area contributed by atoms with E-state index in [0.717, 1.165) is 0 Å². The van der Waals surface area contributed by atoms with Crippen LogP contribution >= 0.6 is 22.6 Å². The van der Waals surface area contributed by atoms with Crippen molar-refractivity contribution >= 4 is 22.6 Å². The molecule has 0 aromatic carbocycles. The molecule has 1 fully saturated rings. The summed E-state index contributed by atoms with van der Waals surface area (Å²) in [6.07, 6.45) is 0. The minimum atomic E-state index is -1.13. The lowest BCUT2D eigenvalue weighted by Crippen LogP contribution is -2.50. The summed E-state index contributed by atoms with van der Waals surface area (Å²) in [5.41, 5.74) is -1.13. The summed E-state index contributed by atoms with van der Waals surface area (Å²) in [5.74, 6) is 2.04. The van der Waals surface area contributed by atoms with Crippen LogP contribution in [0.3, 0.4) is 0 Å². The van der Waals surface area contributed by atoms with Crippen LogP contribution in [-0.4, -0.2) is 29.7 Å². The maximum Gasteiger partial charge on any atom is 0.172 e. The van der Waals surface area contributed by atoms with E-state index in [-0.39, 0.29) is 13.2 Å². The molecule has 0 unspecified atom stereocenters. The van der Waals surface area contributed by atoms with Crippen LogP contribution < -0.4 is 0 Å². The maximum atomic E-state index is 9.68. The van der Waals surface area contributed by atoms with Gasteiger partial charge in [0, 0.05) is 22.6 Å². The Kier molecular flexibility index (Phi) is 2.99. The van der Waals surface area contributed by atoms with Gasteiger partial charge in [-0.2, -0.15) is 0 Å². The summed E-state index contributed by atoms with van der Waals surface area (Å²) in [5, 5.41) is 9.68. The SMILES string of the molecule is CC1(C)OCC(O)(C#CI)CO1. The van der Waals surface area contributed by atoms with E-state index in [2.05, 4.69) is 9.85 Å². The van der Waals surface area contributed by atoms with E-state index in [1.807, 2.05) is 36.4 Å². The molecule has 1 N–H and O–H groups in total. The van der Waals surface area contributed by atoms with Crippen molar-refractivity contribution in [2.75, 3.05) is 13.2 Å². The van der Waals surface area contributed by atoms with Gasteiger partial charge in [0.2, 0.25) is 0 Å². The topological polar surface area (TPSA) is 38.7 Å². The fraction of sp³-hybridized carbons (Fsp3) is 0.750. The zero-order valence-corrected chi connectivity index (χ0v) is 9.21. The summed E-state index contributed by atoms with van der Waals surface area (Å²) < 4.78 is 13.1. The molecule has 0 aliphatic carbocycles. The summed E-state index contributed by atoms with van der Waals surface area (Å²) in [4.78, 5) is 0. The van der Waals surface area contributed by atoms with Crippen LogP contribution in [0, 0.1) is 9.85 Å². The normalized spacial score (nSPS) is 25.7. The number of hydrogen-bond donors (Lipinski definition) is 1. The lowest BCUT2D eigenvalue weighted by atomic mass is 10.1. The molecule has 12 heavy (non-hydrogen) atoms. The van der Waals surface area contributed by atoms with Gasteiger partial charge in [0.05, 0.1) is 13.2 Å². The van der Waals surface area contributed by atoms with E-state index in [4.69, 9.17) is 9.47 Å². The Balaban J connectivity index is 2.59. The Morgan fingerprint density at radius 1 is 1.33 bits per heavy atom. The molecule has 0 aromatic heterocycles. The van der Waals surface area contributed by atoms with E-state index in [9.17, 15) is 5.11 Å². The Morgan fingerprint density at radius 2 is 1.83 bits per heavy atom. The highest BCUT2D eigenvalue weighted by atomic mass is 127. The molecule has 0 spiro atoms.